The number of ketones is 1. The summed E-state index contributed by atoms with van der Waals surface area (Å²) < 4.78 is 0. The molecule has 3 aromatic rings. The minimum Gasteiger partial charge on any atom is -0.289 e. The van der Waals surface area contributed by atoms with Crippen molar-refractivity contribution in [1.29, 1.82) is 0 Å². The van der Waals surface area contributed by atoms with Crippen LogP contribution in [0.2, 0.25) is 0 Å². The van der Waals surface area contributed by atoms with Crippen molar-refractivity contribution < 1.29 is 4.79 Å². The molecule has 0 spiro atoms. The van der Waals surface area contributed by atoms with Crippen molar-refractivity contribution in [2.75, 3.05) is 0 Å². The van der Waals surface area contributed by atoms with E-state index in [4.69, 9.17) is 0 Å². The van der Waals surface area contributed by atoms with Gasteiger partial charge in [0.1, 0.15) is 0 Å². The molecule has 0 saturated heterocycles. The lowest BCUT2D eigenvalue weighted by molar-refractivity contribution is -0.108. The molecule has 1 nitrogen and oxygen atoms in total. The zero-order valence-electron chi connectivity index (χ0n) is 14.3. The molecule has 4 rings (SSSR count). The van der Waals surface area contributed by atoms with Crippen LogP contribution < -0.4 is 0 Å². The summed E-state index contributed by atoms with van der Waals surface area (Å²) in [6.45, 7) is 0. The molecule has 1 heteroatoms. The number of carbonyl (C=O) groups excluding carboxylic acids is 1. The maximum atomic E-state index is 13.2. The summed E-state index contributed by atoms with van der Waals surface area (Å²) in [5.41, 5.74) is 5.48. The Balaban J connectivity index is 1.85. The van der Waals surface area contributed by atoms with E-state index in [2.05, 4.69) is 18.2 Å². The normalized spacial score (nSPS) is 13.8. The maximum absolute atomic E-state index is 13.2. The van der Waals surface area contributed by atoms with E-state index in [1.54, 1.807) is 0 Å². The van der Waals surface area contributed by atoms with Crippen molar-refractivity contribution in [3.05, 3.63) is 125 Å². The zero-order valence-corrected chi connectivity index (χ0v) is 14.3. The summed E-state index contributed by atoms with van der Waals surface area (Å²) >= 11 is 0. The van der Waals surface area contributed by atoms with Crippen LogP contribution in [0.4, 0.5) is 0 Å². The molecule has 0 amide bonds. The standard InChI is InChI=1S/C25H18O/c26-25-23(21-12-6-2-7-13-21)17-20(16-19-10-4-1-5-11-19)18-24(25)22-14-8-3-9-15-22/h1-18H. The number of benzene rings is 3. The molecule has 0 saturated carbocycles. The Kier molecular flexibility index (Phi) is 4.44. The van der Waals surface area contributed by atoms with Gasteiger partial charge in [0.05, 0.1) is 0 Å². The molecule has 0 fully saturated rings. The zero-order chi connectivity index (χ0) is 17.8. The van der Waals surface area contributed by atoms with E-state index in [1.165, 1.54) is 0 Å². The topological polar surface area (TPSA) is 17.1 Å². The van der Waals surface area contributed by atoms with Crippen LogP contribution in [0.25, 0.3) is 17.2 Å². The van der Waals surface area contributed by atoms with E-state index >= 15 is 0 Å². The molecular formula is C25H18O. The summed E-state index contributed by atoms with van der Waals surface area (Å²) in [6.07, 6.45) is 6.08. The molecule has 1 aliphatic carbocycles. The number of carbonyl (C=O) groups is 1. The second-order valence-electron chi connectivity index (χ2n) is 6.23. The lowest BCUT2D eigenvalue weighted by Gasteiger charge is -2.17. The summed E-state index contributed by atoms with van der Waals surface area (Å²) in [4.78, 5) is 13.2. The van der Waals surface area contributed by atoms with Crippen LogP contribution >= 0.6 is 0 Å². The predicted molar refractivity (Wildman–Crippen MR) is 108 cm³/mol. The third-order valence-electron chi connectivity index (χ3n) is 4.41. The smallest absolute Gasteiger partial charge is 0.194 e. The lowest BCUT2D eigenvalue weighted by atomic mass is 9.85. The van der Waals surface area contributed by atoms with E-state index in [1.807, 2.05) is 91.0 Å². The summed E-state index contributed by atoms with van der Waals surface area (Å²) in [7, 11) is 0. The number of allylic oxidation sites excluding steroid dienone is 5. The highest BCUT2D eigenvalue weighted by atomic mass is 16.1. The van der Waals surface area contributed by atoms with E-state index < -0.39 is 0 Å². The summed E-state index contributed by atoms with van der Waals surface area (Å²) in [5, 5.41) is 0. The fraction of sp³-hybridized carbons (Fsp3) is 0. The molecular weight excluding hydrogens is 316 g/mol. The Hall–Kier alpha value is -3.45. The van der Waals surface area contributed by atoms with Gasteiger partial charge >= 0.3 is 0 Å². The van der Waals surface area contributed by atoms with Crippen molar-refractivity contribution >= 4 is 23.0 Å². The minimum absolute atomic E-state index is 0.0626. The highest BCUT2D eigenvalue weighted by Gasteiger charge is 2.22. The van der Waals surface area contributed by atoms with E-state index in [-0.39, 0.29) is 5.78 Å². The van der Waals surface area contributed by atoms with Crippen LogP contribution in [0.3, 0.4) is 0 Å². The minimum atomic E-state index is 0.0626. The van der Waals surface area contributed by atoms with Crippen molar-refractivity contribution in [2.45, 2.75) is 0 Å². The Morgan fingerprint density at radius 3 is 1.42 bits per heavy atom. The predicted octanol–water partition coefficient (Wildman–Crippen LogP) is 5.82. The molecule has 0 aliphatic heterocycles. The number of Topliss-reactive ketones (excluding diaryl/α,β-unsaturated/α-hetero) is 1. The van der Waals surface area contributed by atoms with Crippen molar-refractivity contribution in [3.63, 3.8) is 0 Å². The number of rotatable bonds is 3. The van der Waals surface area contributed by atoms with Crippen molar-refractivity contribution in [1.82, 2.24) is 0 Å². The third-order valence-corrected chi connectivity index (χ3v) is 4.41. The van der Waals surface area contributed by atoms with Crippen molar-refractivity contribution in [3.8, 4) is 0 Å². The molecule has 26 heavy (non-hydrogen) atoms. The average molecular weight is 334 g/mol. The van der Waals surface area contributed by atoms with Gasteiger partial charge in [0.25, 0.3) is 0 Å². The molecule has 0 heterocycles. The molecule has 0 radical (unpaired) electrons. The van der Waals surface area contributed by atoms with Crippen LogP contribution in [0.15, 0.2) is 109 Å². The molecule has 124 valence electrons. The molecule has 0 bridgehead atoms. The molecule has 0 atom stereocenters. The molecule has 3 aromatic carbocycles. The van der Waals surface area contributed by atoms with Crippen molar-refractivity contribution in [2.24, 2.45) is 0 Å². The van der Waals surface area contributed by atoms with Crippen LogP contribution in [-0.4, -0.2) is 5.78 Å². The Morgan fingerprint density at radius 1 is 0.538 bits per heavy atom. The lowest BCUT2D eigenvalue weighted by Crippen LogP contribution is -2.09. The van der Waals surface area contributed by atoms with Crippen LogP contribution in [0.5, 0.6) is 0 Å². The highest BCUT2D eigenvalue weighted by molar-refractivity contribution is 6.44. The van der Waals surface area contributed by atoms with Gasteiger partial charge in [-0.2, -0.15) is 0 Å². The van der Waals surface area contributed by atoms with Gasteiger partial charge in [0, 0.05) is 11.1 Å². The van der Waals surface area contributed by atoms with Crippen LogP contribution in [0, 0.1) is 0 Å². The quantitative estimate of drug-likeness (QED) is 0.590. The monoisotopic (exact) mass is 334 g/mol. The summed E-state index contributed by atoms with van der Waals surface area (Å²) in [6, 6.07) is 29.9. The molecule has 0 aromatic heterocycles. The first-order valence-corrected chi connectivity index (χ1v) is 8.67. The van der Waals surface area contributed by atoms with Gasteiger partial charge in [-0.05, 0) is 40.5 Å². The van der Waals surface area contributed by atoms with E-state index in [0.29, 0.717) is 0 Å². The van der Waals surface area contributed by atoms with E-state index in [0.717, 1.165) is 33.4 Å². The first-order chi connectivity index (χ1) is 12.8. The Morgan fingerprint density at radius 2 is 0.962 bits per heavy atom. The highest BCUT2D eigenvalue weighted by Crippen LogP contribution is 2.32. The van der Waals surface area contributed by atoms with Gasteiger partial charge in [-0.1, -0.05) is 91.0 Å². The SMILES string of the molecule is O=C1C(c2ccccc2)=CC(=Cc2ccccc2)C=C1c1ccccc1. The van der Waals surface area contributed by atoms with Crippen LogP contribution in [0.1, 0.15) is 16.7 Å². The molecule has 0 unspecified atom stereocenters. The fourth-order valence-electron chi connectivity index (χ4n) is 3.14. The first kappa shape index (κ1) is 16.0. The summed E-state index contributed by atoms with van der Waals surface area (Å²) in [5.74, 6) is 0.0626. The maximum Gasteiger partial charge on any atom is 0.194 e. The van der Waals surface area contributed by atoms with E-state index in [9.17, 15) is 4.79 Å². The fourth-order valence-corrected chi connectivity index (χ4v) is 3.14. The first-order valence-electron chi connectivity index (χ1n) is 8.67. The Bertz CT molecular complexity index is 946. The Labute approximate surface area is 153 Å². The van der Waals surface area contributed by atoms with Gasteiger partial charge in [-0.15, -0.1) is 0 Å². The average Bonchev–Trinajstić information content (AvgIpc) is 2.71. The molecule has 1 aliphatic rings. The van der Waals surface area contributed by atoms with Gasteiger partial charge in [0.2, 0.25) is 0 Å². The van der Waals surface area contributed by atoms with Gasteiger partial charge in [0.15, 0.2) is 5.78 Å². The van der Waals surface area contributed by atoms with Crippen LogP contribution in [-0.2, 0) is 4.79 Å². The van der Waals surface area contributed by atoms with Gasteiger partial charge < -0.3 is 0 Å². The largest absolute Gasteiger partial charge is 0.289 e. The third kappa shape index (κ3) is 3.33. The molecule has 0 N–H and O–H groups in total. The van der Waals surface area contributed by atoms with Gasteiger partial charge in [-0.3, -0.25) is 4.79 Å². The second-order valence-corrected chi connectivity index (χ2v) is 6.23. The number of hydrogen-bond donors (Lipinski definition) is 0. The number of hydrogen-bond acceptors (Lipinski definition) is 1. The second kappa shape index (κ2) is 7.20. The van der Waals surface area contributed by atoms with Gasteiger partial charge in [-0.25, -0.2) is 0 Å².